The van der Waals surface area contributed by atoms with E-state index in [-0.39, 0.29) is 60.0 Å². The minimum atomic E-state index is -3.94. The molecule has 0 N–H and O–H groups in total. The molecule has 0 radical (unpaired) electrons. The lowest BCUT2D eigenvalue weighted by Crippen LogP contribution is -2.52. The van der Waals surface area contributed by atoms with Crippen LogP contribution in [0.15, 0.2) is 59.5 Å². The highest BCUT2D eigenvalue weighted by Crippen LogP contribution is 2.34. The van der Waals surface area contributed by atoms with Gasteiger partial charge in [-0.15, -0.1) is 0 Å². The molecular weight excluding hydrogens is 462 g/mol. The van der Waals surface area contributed by atoms with E-state index in [1.54, 1.807) is 11.0 Å². The van der Waals surface area contributed by atoms with Crippen molar-refractivity contribution in [1.82, 2.24) is 9.21 Å². The summed E-state index contributed by atoms with van der Waals surface area (Å²) in [4.78, 5) is 14.9. The first-order chi connectivity index (χ1) is 15.7. The molecule has 2 fully saturated rings. The highest BCUT2D eigenvalue weighted by molar-refractivity contribution is 7.91. The molecule has 10 heteroatoms. The number of nitriles is 1. The third kappa shape index (κ3) is 5.11. The number of benzene rings is 2. The summed E-state index contributed by atoms with van der Waals surface area (Å²) >= 11 is 0. The average Bonchev–Trinajstić information content (AvgIpc) is 2.84. The van der Waals surface area contributed by atoms with Crippen LogP contribution in [-0.4, -0.2) is 69.6 Å². The van der Waals surface area contributed by atoms with E-state index >= 15 is 0 Å². The van der Waals surface area contributed by atoms with E-state index in [0.717, 1.165) is 5.56 Å². The number of carbonyl (C=O) groups is 1. The second-order valence-electron chi connectivity index (χ2n) is 8.48. The van der Waals surface area contributed by atoms with Crippen molar-refractivity contribution in [2.45, 2.75) is 17.2 Å². The van der Waals surface area contributed by atoms with Crippen molar-refractivity contribution in [2.24, 2.45) is 5.92 Å². The predicted molar refractivity (Wildman–Crippen MR) is 122 cm³/mol. The Labute approximate surface area is 194 Å². The van der Waals surface area contributed by atoms with Gasteiger partial charge in [-0.1, -0.05) is 36.4 Å². The zero-order chi connectivity index (χ0) is 23.6. The normalized spacial score (nSPS) is 23.5. The molecule has 0 aliphatic carbocycles. The van der Waals surface area contributed by atoms with Crippen molar-refractivity contribution in [2.75, 3.05) is 37.7 Å². The number of hydrogen-bond acceptors (Lipinski definition) is 6. The smallest absolute Gasteiger partial charge is 0.243 e. The average molecular weight is 488 g/mol. The fourth-order valence-corrected chi connectivity index (χ4v) is 7.24. The van der Waals surface area contributed by atoms with Crippen molar-refractivity contribution in [3.8, 4) is 6.07 Å². The second kappa shape index (κ2) is 9.25. The third-order valence-electron chi connectivity index (χ3n) is 6.29. The summed E-state index contributed by atoms with van der Waals surface area (Å²) in [6.45, 7) is 0.501. The highest BCUT2D eigenvalue weighted by atomic mass is 32.2. The largest absolute Gasteiger partial charge is 0.340 e. The van der Waals surface area contributed by atoms with Gasteiger partial charge in [0.1, 0.15) is 0 Å². The molecule has 2 aromatic carbocycles. The first kappa shape index (κ1) is 23.4. The van der Waals surface area contributed by atoms with Gasteiger partial charge in [0.25, 0.3) is 0 Å². The lowest BCUT2D eigenvalue weighted by Gasteiger charge is -2.39. The number of sulfone groups is 1. The summed E-state index contributed by atoms with van der Waals surface area (Å²) in [7, 11) is -7.07. The van der Waals surface area contributed by atoms with Gasteiger partial charge in [0.15, 0.2) is 9.84 Å². The molecule has 2 saturated heterocycles. The molecule has 0 spiro atoms. The van der Waals surface area contributed by atoms with Gasteiger partial charge in [-0.3, -0.25) is 4.79 Å². The minimum Gasteiger partial charge on any atom is -0.340 e. The molecular formula is C23H25N3O5S2. The Balaban J connectivity index is 1.64. The molecule has 4 rings (SSSR count). The Bertz CT molecular complexity index is 1270. The number of nitrogens with zero attached hydrogens (tertiary/aromatic N) is 3. The zero-order valence-corrected chi connectivity index (χ0v) is 19.6. The van der Waals surface area contributed by atoms with Gasteiger partial charge in [-0.25, -0.2) is 16.8 Å². The van der Waals surface area contributed by atoms with Gasteiger partial charge in [-0.2, -0.15) is 9.57 Å². The molecule has 174 valence electrons. The molecule has 2 heterocycles. The Hall–Kier alpha value is -2.74. The maximum absolute atomic E-state index is 13.5. The van der Waals surface area contributed by atoms with Crippen molar-refractivity contribution in [1.29, 1.82) is 5.26 Å². The first-order valence-electron chi connectivity index (χ1n) is 10.7. The van der Waals surface area contributed by atoms with E-state index in [0.29, 0.717) is 6.42 Å². The van der Waals surface area contributed by atoms with Gasteiger partial charge in [-0.05, 0) is 36.1 Å². The second-order valence-corrected chi connectivity index (χ2v) is 12.7. The van der Waals surface area contributed by atoms with Crippen molar-refractivity contribution < 1.29 is 21.6 Å². The molecule has 2 atom stereocenters. The van der Waals surface area contributed by atoms with Crippen LogP contribution in [0, 0.1) is 17.2 Å². The fourth-order valence-electron chi connectivity index (χ4n) is 4.47. The van der Waals surface area contributed by atoms with Gasteiger partial charge in [0.2, 0.25) is 15.9 Å². The van der Waals surface area contributed by atoms with Crippen molar-refractivity contribution in [3.05, 3.63) is 65.7 Å². The Morgan fingerprint density at radius 3 is 2.36 bits per heavy atom. The summed E-state index contributed by atoms with van der Waals surface area (Å²) in [5.41, 5.74) is 1.19. The summed E-state index contributed by atoms with van der Waals surface area (Å²) in [6, 6.07) is 17.3. The maximum atomic E-state index is 13.5. The lowest BCUT2D eigenvalue weighted by molar-refractivity contribution is -0.136. The SMILES string of the molecule is N#Cc1cccc(S(=O)(=O)N2CC(C(=O)N3CCS(=O)(=O)CC3)CC(c3ccccc3)C2)c1. The summed E-state index contributed by atoms with van der Waals surface area (Å²) in [5, 5.41) is 9.17. The molecule has 0 bridgehead atoms. The molecule has 0 saturated carbocycles. The van der Waals surface area contributed by atoms with Crippen LogP contribution < -0.4 is 0 Å². The zero-order valence-electron chi connectivity index (χ0n) is 18.0. The Morgan fingerprint density at radius 1 is 1.00 bits per heavy atom. The van der Waals surface area contributed by atoms with Crippen LogP contribution in [0.4, 0.5) is 0 Å². The van der Waals surface area contributed by atoms with E-state index < -0.39 is 25.8 Å². The monoisotopic (exact) mass is 487 g/mol. The number of rotatable bonds is 4. The van der Waals surface area contributed by atoms with Crippen LogP contribution in [-0.2, 0) is 24.7 Å². The molecule has 0 aromatic heterocycles. The van der Waals surface area contributed by atoms with Crippen molar-refractivity contribution >= 4 is 25.8 Å². The molecule has 2 aliphatic rings. The predicted octanol–water partition coefficient (Wildman–Crippen LogP) is 1.61. The lowest BCUT2D eigenvalue weighted by atomic mass is 9.85. The van der Waals surface area contributed by atoms with Crippen LogP contribution in [0.3, 0.4) is 0 Å². The van der Waals surface area contributed by atoms with E-state index in [1.807, 2.05) is 36.4 Å². The number of hydrogen-bond donors (Lipinski definition) is 0. The van der Waals surface area contributed by atoms with Gasteiger partial charge in [0, 0.05) is 26.2 Å². The summed E-state index contributed by atoms with van der Waals surface area (Å²) in [6.07, 6.45) is 0.482. The standard InChI is InChI=1S/C23H25N3O5S2/c24-15-18-5-4-8-22(13-18)33(30,31)26-16-20(19-6-2-1-3-7-19)14-21(17-26)23(27)25-9-11-32(28,29)12-10-25/h1-8,13,20-21H,9-12,14,16-17H2. The van der Waals surface area contributed by atoms with Crippen LogP contribution in [0.2, 0.25) is 0 Å². The number of sulfonamides is 1. The molecule has 2 aromatic rings. The number of amides is 1. The molecule has 33 heavy (non-hydrogen) atoms. The van der Waals surface area contributed by atoms with E-state index in [9.17, 15) is 26.9 Å². The van der Waals surface area contributed by atoms with E-state index in [4.69, 9.17) is 0 Å². The van der Waals surface area contributed by atoms with Crippen LogP contribution in [0.1, 0.15) is 23.5 Å². The Morgan fingerprint density at radius 2 is 1.70 bits per heavy atom. The summed E-state index contributed by atoms with van der Waals surface area (Å²) < 4.78 is 51.8. The molecule has 8 nitrogen and oxygen atoms in total. The number of carbonyl (C=O) groups excluding carboxylic acids is 1. The fraction of sp³-hybridized carbons (Fsp3) is 0.391. The topological polar surface area (TPSA) is 116 Å². The van der Waals surface area contributed by atoms with Crippen molar-refractivity contribution in [3.63, 3.8) is 0 Å². The third-order valence-corrected chi connectivity index (χ3v) is 9.73. The van der Waals surface area contributed by atoms with E-state index in [1.165, 1.54) is 22.5 Å². The molecule has 1 amide bonds. The van der Waals surface area contributed by atoms with Crippen LogP contribution in [0.25, 0.3) is 0 Å². The molecule has 2 aliphatic heterocycles. The van der Waals surface area contributed by atoms with Gasteiger partial charge in [0.05, 0.1) is 34.0 Å². The maximum Gasteiger partial charge on any atom is 0.243 e. The number of piperidine rings is 1. The summed E-state index contributed by atoms with van der Waals surface area (Å²) in [5.74, 6) is -1.13. The van der Waals surface area contributed by atoms with E-state index in [2.05, 4.69) is 0 Å². The quantitative estimate of drug-likeness (QED) is 0.647. The Kier molecular flexibility index (Phi) is 6.56. The first-order valence-corrected chi connectivity index (χ1v) is 14.0. The highest BCUT2D eigenvalue weighted by Gasteiger charge is 2.40. The van der Waals surface area contributed by atoms with Crippen LogP contribution >= 0.6 is 0 Å². The van der Waals surface area contributed by atoms with Gasteiger partial charge < -0.3 is 4.90 Å². The van der Waals surface area contributed by atoms with Crippen LogP contribution in [0.5, 0.6) is 0 Å². The minimum absolute atomic E-state index is 0.0184. The van der Waals surface area contributed by atoms with Gasteiger partial charge >= 0.3 is 0 Å². The molecule has 2 unspecified atom stereocenters.